The number of ether oxygens (including phenoxy) is 2. The van der Waals surface area contributed by atoms with E-state index in [0.29, 0.717) is 5.75 Å². The number of hydrogen-bond donors (Lipinski definition) is 1. The van der Waals surface area contributed by atoms with Gasteiger partial charge in [-0.1, -0.05) is 36.4 Å². The highest BCUT2D eigenvalue weighted by Crippen LogP contribution is 2.27. The minimum absolute atomic E-state index is 0.185. The van der Waals surface area contributed by atoms with Gasteiger partial charge in [-0.15, -0.1) is 0 Å². The molecule has 0 bridgehead atoms. The lowest BCUT2D eigenvalue weighted by Crippen LogP contribution is -2.34. The van der Waals surface area contributed by atoms with Gasteiger partial charge in [0.2, 0.25) is 0 Å². The van der Waals surface area contributed by atoms with E-state index in [9.17, 15) is 19.7 Å². The van der Waals surface area contributed by atoms with Crippen LogP contribution < -0.4 is 10.1 Å². The summed E-state index contributed by atoms with van der Waals surface area (Å²) in [5.74, 6) is -0.513. The molecule has 8 nitrogen and oxygen atoms in total. The molecule has 1 unspecified atom stereocenters. The van der Waals surface area contributed by atoms with Crippen LogP contribution in [0.25, 0.3) is 0 Å². The van der Waals surface area contributed by atoms with Gasteiger partial charge in [0, 0.05) is 6.07 Å². The molecule has 0 spiro atoms. The molecule has 1 amide bonds. The van der Waals surface area contributed by atoms with Gasteiger partial charge in [0.1, 0.15) is 5.75 Å². The van der Waals surface area contributed by atoms with Gasteiger partial charge in [0.05, 0.1) is 29.1 Å². The fourth-order valence-corrected chi connectivity index (χ4v) is 2.76. The zero-order valence-corrected chi connectivity index (χ0v) is 16.6. The van der Waals surface area contributed by atoms with E-state index < -0.39 is 22.8 Å². The van der Waals surface area contributed by atoms with Gasteiger partial charge in [0.25, 0.3) is 11.6 Å². The number of nitro benzene ring substituents is 1. The number of esters is 1. The molecule has 154 valence electrons. The Hall–Kier alpha value is -3.42. The van der Waals surface area contributed by atoms with Crippen LogP contribution in [0.5, 0.6) is 5.75 Å². The lowest BCUT2D eigenvalue weighted by molar-refractivity contribution is -0.385. The molecule has 1 N–H and O–H groups in total. The van der Waals surface area contributed by atoms with Gasteiger partial charge >= 0.3 is 5.97 Å². The summed E-state index contributed by atoms with van der Waals surface area (Å²) in [4.78, 5) is 35.4. The molecule has 8 heteroatoms. The minimum atomic E-state index is -0.921. The van der Waals surface area contributed by atoms with Crippen LogP contribution in [-0.2, 0) is 14.3 Å². The van der Waals surface area contributed by atoms with Crippen molar-refractivity contribution in [3.05, 3.63) is 69.8 Å². The average Bonchev–Trinajstić information content (AvgIpc) is 2.66. The second kappa shape index (κ2) is 10.2. The van der Waals surface area contributed by atoms with E-state index in [-0.39, 0.29) is 30.4 Å². The van der Waals surface area contributed by atoms with Gasteiger partial charge in [0.15, 0.2) is 6.61 Å². The molecule has 29 heavy (non-hydrogen) atoms. The van der Waals surface area contributed by atoms with Crippen molar-refractivity contribution in [1.82, 2.24) is 5.32 Å². The van der Waals surface area contributed by atoms with E-state index in [1.54, 1.807) is 32.0 Å². The third kappa shape index (κ3) is 6.60. The maximum atomic E-state index is 12.4. The van der Waals surface area contributed by atoms with E-state index in [2.05, 4.69) is 5.32 Å². The van der Waals surface area contributed by atoms with Gasteiger partial charge < -0.3 is 14.8 Å². The molecule has 2 aromatic carbocycles. The first-order valence-corrected chi connectivity index (χ1v) is 9.18. The smallest absolute Gasteiger partial charge is 0.308 e. The van der Waals surface area contributed by atoms with Crippen molar-refractivity contribution in [1.29, 1.82) is 0 Å². The number of benzene rings is 2. The molecule has 0 saturated carbocycles. The Labute approximate surface area is 169 Å². The fourth-order valence-electron chi connectivity index (χ4n) is 2.76. The summed E-state index contributed by atoms with van der Waals surface area (Å²) in [6.45, 7) is 4.96. The van der Waals surface area contributed by atoms with E-state index in [1.165, 1.54) is 18.2 Å². The number of rotatable bonds is 9. The highest BCUT2D eigenvalue weighted by Gasteiger charge is 2.26. The molecule has 0 aromatic heterocycles. The summed E-state index contributed by atoms with van der Waals surface area (Å²) >= 11 is 0. The molecule has 1 atom stereocenters. The van der Waals surface area contributed by atoms with Crippen LogP contribution in [0.1, 0.15) is 37.4 Å². The highest BCUT2D eigenvalue weighted by molar-refractivity contribution is 5.79. The number of nitro groups is 1. The lowest BCUT2D eigenvalue weighted by Gasteiger charge is -2.19. The molecule has 0 fully saturated rings. The maximum absolute atomic E-state index is 12.4. The molecule has 0 aliphatic rings. The third-order valence-electron chi connectivity index (χ3n) is 4.03. The number of amides is 1. The normalized spacial score (nSPS) is 11.6. The van der Waals surface area contributed by atoms with Crippen LogP contribution in [0.3, 0.4) is 0 Å². The lowest BCUT2D eigenvalue weighted by atomic mass is 10.0. The quantitative estimate of drug-likeness (QED) is 0.392. The van der Waals surface area contributed by atoms with Crippen LogP contribution in [0.4, 0.5) is 5.69 Å². The standard InChI is InChI=1S/C21H24N2O6/c1-14(2)29-21(25)12-17(16-9-5-6-10-18(16)23(26)27)22-20(24)13-28-19-11-7-4-8-15(19)3/h4-11,14,17H,12-13H2,1-3H3,(H,22,24). The maximum Gasteiger partial charge on any atom is 0.308 e. The number of nitrogens with one attached hydrogen (secondary N) is 1. The van der Waals surface area contributed by atoms with Crippen LogP contribution >= 0.6 is 0 Å². The Morgan fingerprint density at radius 3 is 2.41 bits per heavy atom. The Morgan fingerprint density at radius 2 is 1.76 bits per heavy atom. The first-order valence-electron chi connectivity index (χ1n) is 9.18. The zero-order chi connectivity index (χ0) is 21.4. The predicted molar refractivity (Wildman–Crippen MR) is 106 cm³/mol. The van der Waals surface area contributed by atoms with E-state index in [1.807, 2.05) is 19.1 Å². The van der Waals surface area contributed by atoms with Crippen LogP contribution in [0.15, 0.2) is 48.5 Å². The number of aryl methyl sites for hydroxylation is 1. The highest BCUT2D eigenvalue weighted by atomic mass is 16.6. The number of nitrogens with zero attached hydrogens (tertiary/aromatic N) is 1. The average molecular weight is 400 g/mol. The monoisotopic (exact) mass is 400 g/mol. The summed E-state index contributed by atoms with van der Waals surface area (Å²) in [5.41, 5.74) is 0.911. The summed E-state index contributed by atoms with van der Waals surface area (Å²) in [7, 11) is 0. The zero-order valence-electron chi connectivity index (χ0n) is 16.6. The fraction of sp³-hybridized carbons (Fsp3) is 0.333. The number of carbonyl (C=O) groups excluding carboxylic acids is 2. The Balaban J connectivity index is 2.17. The van der Waals surface area contributed by atoms with Gasteiger partial charge in [-0.25, -0.2) is 0 Å². The summed E-state index contributed by atoms with van der Waals surface area (Å²) in [5, 5.41) is 14.0. The molecular weight excluding hydrogens is 376 g/mol. The largest absolute Gasteiger partial charge is 0.484 e. The van der Waals surface area contributed by atoms with Gasteiger partial charge in [-0.3, -0.25) is 19.7 Å². The summed E-state index contributed by atoms with van der Waals surface area (Å²) in [6, 6.07) is 12.3. The molecule has 0 heterocycles. The Morgan fingerprint density at radius 1 is 1.10 bits per heavy atom. The van der Waals surface area contributed by atoms with Crippen molar-refractivity contribution in [3.8, 4) is 5.75 Å². The third-order valence-corrected chi connectivity index (χ3v) is 4.03. The molecule has 2 rings (SSSR count). The van der Waals surface area contributed by atoms with Gasteiger partial charge in [-0.05, 0) is 32.4 Å². The van der Waals surface area contributed by atoms with E-state index in [4.69, 9.17) is 9.47 Å². The van der Waals surface area contributed by atoms with Crippen LogP contribution in [-0.4, -0.2) is 29.5 Å². The van der Waals surface area contributed by atoms with E-state index in [0.717, 1.165) is 5.56 Å². The first-order chi connectivity index (χ1) is 13.8. The minimum Gasteiger partial charge on any atom is -0.484 e. The molecule has 0 saturated heterocycles. The SMILES string of the molecule is Cc1ccccc1OCC(=O)NC(CC(=O)OC(C)C)c1ccccc1[N+](=O)[O-]. The number of hydrogen-bond acceptors (Lipinski definition) is 6. The molecule has 0 aliphatic carbocycles. The van der Waals surface area contributed by atoms with Crippen molar-refractivity contribution in [2.24, 2.45) is 0 Å². The second-order valence-corrected chi connectivity index (χ2v) is 6.73. The van der Waals surface area contributed by atoms with Crippen LogP contribution in [0, 0.1) is 17.0 Å². The molecule has 2 aromatic rings. The second-order valence-electron chi connectivity index (χ2n) is 6.73. The summed E-state index contributed by atoms with van der Waals surface area (Å²) < 4.78 is 10.7. The molecule has 0 radical (unpaired) electrons. The topological polar surface area (TPSA) is 108 Å². The molecular formula is C21H24N2O6. The van der Waals surface area contributed by atoms with Crippen molar-refractivity contribution >= 4 is 17.6 Å². The van der Waals surface area contributed by atoms with Crippen molar-refractivity contribution in [3.63, 3.8) is 0 Å². The van der Waals surface area contributed by atoms with Crippen molar-refractivity contribution in [2.75, 3.05) is 6.61 Å². The van der Waals surface area contributed by atoms with Crippen molar-refractivity contribution in [2.45, 2.75) is 39.3 Å². The first kappa shape index (κ1) is 21.9. The molecule has 0 aliphatic heterocycles. The Bertz CT molecular complexity index is 881. The number of carbonyl (C=O) groups is 2. The predicted octanol–water partition coefficient (Wildman–Crippen LogP) is 3.48. The Kier molecular flexibility index (Phi) is 7.70. The van der Waals surface area contributed by atoms with Crippen LogP contribution in [0.2, 0.25) is 0 Å². The van der Waals surface area contributed by atoms with E-state index >= 15 is 0 Å². The van der Waals surface area contributed by atoms with Crippen molar-refractivity contribution < 1.29 is 24.0 Å². The number of para-hydroxylation sites is 2. The summed E-state index contributed by atoms with van der Waals surface area (Å²) in [6.07, 6.45) is -0.576. The van der Waals surface area contributed by atoms with Gasteiger partial charge in [-0.2, -0.15) is 0 Å².